The summed E-state index contributed by atoms with van der Waals surface area (Å²) < 4.78 is 19.7. The normalized spacial score (nSPS) is 10.8. The number of benzene rings is 1. The lowest BCUT2D eigenvalue weighted by atomic mass is 10.0. The first kappa shape index (κ1) is 12.1. The number of anilines is 1. The minimum Gasteiger partial charge on any atom is -0.381 e. The maximum absolute atomic E-state index is 13.7. The third-order valence-corrected chi connectivity index (χ3v) is 2.98. The van der Waals surface area contributed by atoms with Gasteiger partial charge in [-0.25, -0.2) is 4.39 Å². The van der Waals surface area contributed by atoms with Crippen molar-refractivity contribution in [2.75, 3.05) is 5.73 Å². The van der Waals surface area contributed by atoms with Crippen LogP contribution >= 0.6 is 15.9 Å². The molecule has 0 unspecified atom stereocenters. The van der Waals surface area contributed by atoms with Crippen molar-refractivity contribution in [1.29, 1.82) is 0 Å². The number of aromatic nitrogens is 1. The molecule has 0 amide bonds. The van der Waals surface area contributed by atoms with Crippen molar-refractivity contribution in [3.63, 3.8) is 0 Å². The van der Waals surface area contributed by atoms with Gasteiger partial charge in [0.15, 0.2) is 11.6 Å². The van der Waals surface area contributed by atoms with Gasteiger partial charge in [0.1, 0.15) is 5.82 Å². The molecule has 17 heavy (non-hydrogen) atoms. The van der Waals surface area contributed by atoms with Gasteiger partial charge >= 0.3 is 0 Å². The Labute approximate surface area is 107 Å². The van der Waals surface area contributed by atoms with Crippen LogP contribution in [0.5, 0.6) is 0 Å². The van der Waals surface area contributed by atoms with E-state index in [1.54, 1.807) is 12.1 Å². The Balaban J connectivity index is 2.56. The monoisotopic (exact) mass is 298 g/mol. The zero-order valence-corrected chi connectivity index (χ0v) is 10.9. The van der Waals surface area contributed by atoms with Gasteiger partial charge in [-0.2, -0.15) is 0 Å². The topological polar surface area (TPSA) is 52.0 Å². The summed E-state index contributed by atoms with van der Waals surface area (Å²) in [6.45, 7) is 2.02. The number of hydrogen-bond donors (Lipinski definition) is 1. The van der Waals surface area contributed by atoms with Crippen molar-refractivity contribution in [2.45, 2.75) is 19.8 Å². The maximum atomic E-state index is 13.7. The summed E-state index contributed by atoms with van der Waals surface area (Å²) in [4.78, 5) is 0. The first-order valence-corrected chi connectivity index (χ1v) is 6.12. The van der Waals surface area contributed by atoms with Crippen molar-refractivity contribution >= 4 is 21.7 Å². The summed E-state index contributed by atoms with van der Waals surface area (Å²) >= 11 is 3.30. The molecule has 0 atom stereocenters. The molecule has 0 saturated carbocycles. The Bertz CT molecular complexity index is 539. The molecule has 0 saturated heterocycles. The highest BCUT2D eigenvalue weighted by Crippen LogP contribution is 2.32. The van der Waals surface area contributed by atoms with Crippen molar-refractivity contribution in [1.82, 2.24) is 5.16 Å². The van der Waals surface area contributed by atoms with E-state index in [0.29, 0.717) is 17.1 Å². The summed E-state index contributed by atoms with van der Waals surface area (Å²) in [5.74, 6) is 0.408. The van der Waals surface area contributed by atoms with Crippen LogP contribution in [0.3, 0.4) is 0 Å². The van der Waals surface area contributed by atoms with E-state index < -0.39 is 0 Å². The van der Waals surface area contributed by atoms with Crippen LogP contribution in [0.1, 0.15) is 18.9 Å². The highest BCUT2D eigenvalue weighted by Gasteiger charge is 2.18. The zero-order chi connectivity index (χ0) is 12.4. The lowest BCUT2D eigenvalue weighted by molar-refractivity contribution is 0.432. The largest absolute Gasteiger partial charge is 0.381 e. The molecule has 2 N–H and O–H groups in total. The summed E-state index contributed by atoms with van der Waals surface area (Å²) in [6, 6.07) is 4.68. The Morgan fingerprint density at radius 3 is 2.94 bits per heavy atom. The van der Waals surface area contributed by atoms with Crippen LogP contribution < -0.4 is 5.73 Å². The van der Waals surface area contributed by atoms with Crippen LogP contribution in [-0.2, 0) is 6.42 Å². The van der Waals surface area contributed by atoms with E-state index in [-0.39, 0.29) is 5.82 Å². The van der Waals surface area contributed by atoms with E-state index in [1.165, 1.54) is 6.07 Å². The van der Waals surface area contributed by atoms with Crippen LogP contribution in [0.2, 0.25) is 0 Å². The van der Waals surface area contributed by atoms with E-state index in [1.807, 2.05) is 6.92 Å². The molecule has 2 aromatic rings. The molecule has 90 valence electrons. The minimum absolute atomic E-state index is 0.334. The van der Waals surface area contributed by atoms with Crippen molar-refractivity contribution < 1.29 is 8.91 Å². The molecule has 1 heterocycles. The van der Waals surface area contributed by atoms with Crippen molar-refractivity contribution in [3.8, 4) is 11.3 Å². The fraction of sp³-hybridized carbons (Fsp3) is 0.250. The number of nitrogens with two attached hydrogens (primary N) is 1. The first-order chi connectivity index (χ1) is 8.13. The molecule has 0 spiro atoms. The molecule has 0 aliphatic carbocycles. The Morgan fingerprint density at radius 1 is 1.47 bits per heavy atom. The van der Waals surface area contributed by atoms with Gasteiger partial charge in [-0.3, -0.25) is 0 Å². The first-order valence-electron chi connectivity index (χ1n) is 5.33. The molecular weight excluding hydrogens is 287 g/mol. The predicted octanol–water partition coefficient (Wildman–Crippen LogP) is 3.78. The standard InChI is InChI=1S/C12H12BrFN2O/c1-2-3-8-11(17-16-12(8)15)9-6-7(13)4-5-10(9)14/h4-6H,2-3H2,1H3,(H2,15,16). The molecule has 0 fully saturated rings. The number of halogens is 2. The molecule has 0 aliphatic heterocycles. The van der Waals surface area contributed by atoms with Crippen LogP contribution in [0, 0.1) is 5.82 Å². The van der Waals surface area contributed by atoms with Crippen molar-refractivity contribution in [3.05, 3.63) is 34.1 Å². The number of hydrogen-bond acceptors (Lipinski definition) is 3. The van der Waals surface area contributed by atoms with Crippen molar-refractivity contribution in [2.24, 2.45) is 0 Å². The van der Waals surface area contributed by atoms with E-state index >= 15 is 0 Å². The summed E-state index contributed by atoms with van der Waals surface area (Å²) in [6.07, 6.45) is 1.62. The fourth-order valence-corrected chi connectivity index (χ4v) is 2.06. The number of nitrogens with zero attached hydrogens (tertiary/aromatic N) is 1. The van der Waals surface area contributed by atoms with Gasteiger partial charge in [0.2, 0.25) is 0 Å². The van der Waals surface area contributed by atoms with E-state index in [9.17, 15) is 4.39 Å². The van der Waals surface area contributed by atoms with Gasteiger partial charge in [-0.1, -0.05) is 34.4 Å². The Kier molecular flexibility index (Phi) is 3.47. The zero-order valence-electron chi connectivity index (χ0n) is 9.34. The average molecular weight is 299 g/mol. The maximum Gasteiger partial charge on any atom is 0.175 e. The molecule has 2 rings (SSSR count). The Morgan fingerprint density at radius 2 is 2.24 bits per heavy atom. The molecule has 3 nitrogen and oxygen atoms in total. The van der Waals surface area contributed by atoms with Gasteiger partial charge < -0.3 is 10.3 Å². The average Bonchev–Trinajstić information content (AvgIpc) is 2.65. The van der Waals surface area contributed by atoms with E-state index in [0.717, 1.165) is 22.9 Å². The highest BCUT2D eigenvalue weighted by molar-refractivity contribution is 9.10. The molecular formula is C12H12BrFN2O. The summed E-state index contributed by atoms with van der Waals surface area (Å²) in [7, 11) is 0. The lowest BCUT2D eigenvalue weighted by Crippen LogP contribution is -1.93. The molecule has 1 aromatic carbocycles. The van der Waals surface area contributed by atoms with Gasteiger partial charge in [0.05, 0.1) is 5.56 Å². The van der Waals surface area contributed by atoms with Gasteiger partial charge in [-0.15, -0.1) is 0 Å². The van der Waals surface area contributed by atoms with Crippen LogP contribution in [0.4, 0.5) is 10.2 Å². The molecule has 0 bridgehead atoms. The summed E-state index contributed by atoms with van der Waals surface area (Å²) in [5, 5.41) is 3.70. The van der Waals surface area contributed by atoms with E-state index in [4.69, 9.17) is 10.3 Å². The smallest absolute Gasteiger partial charge is 0.175 e. The van der Waals surface area contributed by atoms with Crippen LogP contribution in [0.15, 0.2) is 27.2 Å². The second kappa shape index (κ2) is 4.87. The lowest BCUT2D eigenvalue weighted by Gasteiger charge is -2.03. The molecule has 0 aliphatic rings. The highest BCUT2D eigenvalue weighted by atomic mass is 79.9. The second-order valence-corrected chi connectivity index (χ2v) is 4.67. The van der Waals surface area contributed by atoms with Gasteiger partial charge in [-0.05, 0) is 24.6 Å². The Hall–Kier alpha value is -1.36. The second-order valence-electron chi connectivity index (χ2n) is 3.75. The van der Waals surface area contributed by atoms with E-state index in [2.05, 4.69) is 21.1 Å². The molecule has 1 aromatic heterocycles. The number of rotatable bonds is 3. The van der Waals surface area contributed by atoms with Crippen LogP contribution in [-0.4, -0.2) is 5.16 Å². The third kappa shape index (κ3) is 2.34. The van der Waals surface area contributed by atoms with Gasteiger partial charge in [0.25, 0.3) is 0 Å². The molecule has 5 heteroatoms. The minimum atomic E-state index is -0.346. The number of nitrogen functional groups attached to an aromatic ring is 1. The van der Waals surface area contributed by atoms with Gasteiger partial charge in [0, 0.05) is 10.0 Å². The molecule has 0 radical (unpaired) electrons. The third-order valence-electron chi connectivity index (χ3n) is 2.49. The quantitative estimate of drug-likeness (QED) is 0.938. The fourth-order valence-electron chi connectivity index (χ4n) is 1.70. The van der Waals surface area contributed by atoms with Crippen LogP contribution in [0.25, 0.3) is 11.3 Å². The predicted molar refractivity (Wildman–Crippen MR) is 68.0 cm³/mol. The SMILES string of the molecule is CCCc1c(N)noc1-c1cc(Br)ccc1F. The summed E-state index contributed by atoms with van der Waals surface area (Å²) in [5.41, 5.74) is 6.86.